The fourth-order valence-corrected chi connectivity index (χ4v) is 3.45. The van der Waals surface area contributed by atoms with Gasteiger partial charge in [-0.3, -0.25) is 4.79 Å². The van der Waals surface area contributed by atoms with E-state index < -0.39 is 11.4 Å². The summed E-state index contributed by atoms with van der Waals surface area (Å²) in [6.07, 6.45) is 3.73. The molecule has 0 bridgehead atoms. The molecule has 2 saturated heterocycles. The lowest BCUT2D eigenvalue weighted by molar-refractivity contribution is -0.148. The molecule has 120 valence electrons. The zero-order valence-corrected chi connectivity index (χ0v) is 13.0. The highest BCUT2D eigenvalue weighted by molar-refractivity contribution is 5.79. The zero-order chi connectivity index (χ0) is 15.5. The van der Waals surface area contributed by atoms with Crippen LogP contribution in [-0.4, -0.2) is 66.3 Å². The van der Waals surface area contributed by atoms with Crippen molar-refractivity contribution < 1.29 is 19.4 Å². The summed E-state index contributed by atoms with van der Waals surface area (Å²) in [5.41, 5.74) is -0.749. The molecular formula is C15H26N2O4. The van der Waals surface area contributed by atoms with E-state index in [1.54, 1.807) is 9.80 Å². The van der Waals surface area contributed by atoms with Crippen LogP contribution in [0.4, 0.5) is 4.79 Å². The number of likely N-dealkylation sites (tertiary alicyclic amines) is 1. The van der Waals surface area contributed by atoms with Crippen LogP contribution in [0.3, 0.4) is 0 Å². The number of urea groups is 1. The Hall–Kier alpha value is -1.30. The van der Waals surface area contributed by atoms with Crippen molar-refractivity contribution in [1.29, 1.82) is 0 Å². The molecule has 2 fully saturated rings. The highest BCUT2D eigenvalue weighted by Gasteiger charge is 2.46. The van der Waals surface area contributed by atoms with E-state index in [2.05, 4.69) is 0 Å². The summed E-state index contributed by atoms with van der Waals surface area (Å²) < 4.78 is 5.32. The maximum atomic E-state index is 12.6. The van der Waals surface area contributed by atoms with Gasteiger partial charge in [0.1, 0.15) is 0 Å². The number of ether oxygens (including phenoxy) is 1. The molecule has 0 radical (unpaired) electrons. The Labute approximate surface area is 126 Å². The fourth-order valence-electron chi connectivity index (χ4n) is 3.45. The second-order valence-electron chi connectivity index (χ2n) is 6.24. The SMILES string of the molecule is CCCC1(C(=O)O)CCN(C(=O)N(C)C2CCOCC2)C1. The molecule has 0 aromatic carbocycles. The van der Waals surface area contributed by atoms with Crippen LogP contribution in [0.25, 0.3) is 0 Å². The topological polar surface area (TPSA) is 70.1 Å². The number of carboxylic acids is 1. The number of aliphatic carboxylic acids is 1. The van der Waals surface area contributed by atoms with Gasteiger partial charge in [0.2, 0.25) is 0 Å². The summed E-state index contributed by atoms with van der Waals surface area (Å²) in [4.78, 5) is 27.6. The van der Waals surface area contributed by atoms with Gasteiger partial charge < -0.3 is 19.6 Å². The molecule has 6 heteroatoms. The molecule has 0 aliphatic carbocycles. The second kappa shape index (κ2) is 6.64. The third-order valence-corrected chi connectivity index (χ3v) is 4.85. The molecule has 21 heavy (non-hydrogen) atoms. The largest absolute Gasteiger partial charge is 0.481 e. The van der Waals surface area contributed by atoms with Gasteiger partial charge in [0.25, 0.3) is 0 Å². The van der Waals surface area contributed by atoms with Gasteiger partial charge in [0.15, 0.2) is 0 Å². The number of carboxylic acid groups (broad SMARTS) is 1. The second-order valence-corrected chi connectivity index (χ2v) is 6.24. The molecule has 6 nitrogen and oxygen atoms in total. The maximum absolute atomic E-state index is 12.6. The molecule has 2 rings (SSSR count). The molecule has 2 heterocycles. The summed E-state index contributed by atoms with van der Waals surface area (Å²) in [6.45, 7) is 4.25. The Kier molecular flexibility index (Phi) is 5.08. The molecule has 0 aromatic rings. The predicted molar refractivity (Wildman–Crippen MR) is 78.2 cm³/mol. The fraction of sp³-hybridized carbons (Fsp3) is 0.867. The Morgan fingerprint density at radius 1 is 1.38 bits per heavy atom. The summed E-state index contributed by atoms with van der Waals surface area (Å²) in [5.74, 6) is -0.770. The Morgan fingerprint density at radius 3 is 2.62 bits per heavy atom. The predicted octanol–water partition coefficient (Wildman–Crippen LogP) is 1.79. The van der Waals surface area contributed by atoms with Crippen LogP contribution >= 0.6 is 0 Å². The minimum atomic E-state index is -0.770. The van der Waals surface area contributed by atoms with Crippen LogP contribution in [0.1, 0.15) is 39.0 Å². The van der Waals surface area contributed by atoms with E-state index in [0.29, 0.717) is 39.1 Å². The molecule has 1 atom stereocenters. The van der Waals surface area contributed by atoms with E-state index in [0.717, 1.165) is 19.3 Å². The quantitative estimate of drug-likeness (QED) is 0.859. The van der Waals surface area contributed by atoms with E-state index >= 15 is 0 Å². The van der Waals surface area contributed by atoms with Gasteiger partial charge in [-0.15, -0.1) is 0 Å². The van der Waals surface area contributed by atoms with E-state index in [9.17, 15) is 14.7 Å². The van der Waals surface area contributed by atoms with Gasteiger partial charge in [0.05, 0.1) is 5.41 Å². The van der Waals surface area contributed by atoms with Gasteiger partial charge in [-0.1, -0.05) is 13.3 Å². The number of hydrogen-bond acceptors (Lipinski definition) is 3. The van der Waals surface area contributed by atoms with Crippen molar-refractivity contribution >= 4 is 12.0 Å². The maximum Gasteiger partial charge on any atom is 0.320 e. The lowest BCUT2D eigenvalue weighted by Crippen LogP contribution is -2.48. The number of nitrogens with zero attached hydrogens (tertiary/aromatic N) is 2. The van der Waals surface area contributed by atoms with Crippen LogP contribution in [0.2, 0.25) is 0 Å². The third kappa shape index (κ3) is 3.31. The van der Waals surface area contributed by atoms with Crippen molar-refractivity contribution in [3.63, 3.8) is 0 Å². The molecule has 1 unspecified atom stereocenters. The average molecular weight is 298 g/mol. The standard InChI is InChI=1S/C15H26N2O4/c1-3-6-15(13(18)19)7-8-17(11-15)14(20)16(2)12-4-9-21-10-5-12/h12H,3-11H2,1-2H3,(H,18,19). The van der Waals surface area contributed by atoms with Crippen molar-refractivity contribution in [3.8, 4) is 0 Å². The van der Waals surface area contributed by atoms with Crippen molar-refractivity contribution in [1.82, 2.24) is 9.80 Å². The highest BCUT2D eigenvalue weighted by Crippen LogP contribution is 2.36. The Bertz CT molecular complexity index is 395. The summed E-state index contributed by atoms with van der Waals surface area (Å²) in [5, 5.41) is 9.51. The summed E-state index contributed by atoms with van der Waals surface area (Å²) in [6, 6.07) is 0.165. The van der Waals surface area contributed by atoms with Crippen LogP contribution in [0.15, 0.2) is 0 Å². The molecule has 2 amide bonds. The number of amides is 2. The molecule has 0 saturated carbocycles. The van der Waals surface area contributed by atoms with Crippen molar-refractivity contribution in [3.05, 3.63) is 0 Å². The number of carbonyl (C=O) groups excluding carboxylic acids is 1. The van der Waals surface area contributed by atoms with Gasteiger partial charge in [0, 0.05) is 39.4 Å². The first-order valence-electron chi connectivity index (χ1n) is 7.83. The third-order valence-electron chi connectivity index (χ3n) is 4.85. The molecule has 1 N–H and O–H groups in total. The van der Waals surface area contributed by atoms with Crippen molar-refractivity contribution in [2.45, 2.75) is 45.1 Å². The highest BCUT2D eigenvalue weighted by atomic mass is 16.5. The smallest absolute Gasteiger partial charge is 0.320 e. The zero-order valence-electron chi connectivity index (χ0n) is 13.0. The minimum absolute atomic E-state index is 0.0406. The van der Waals surface area contributed by atoms with Gasteiger partial charge >= 0.3 is 12.0 Å². The van der Waals surface area contributed by atoms with E-state index in [1.165, 1.54) is 0 Å². The average Bonchev–Trinajstić information content (AvgIpc) is 2.93. The molecule has 2 aliphatic rings. The number of carbonyl (C=O) groups is 2. The lowest BCUT2D eigenvalue weighted by atomic mass is 9.83. The van der Waals surface area contributed by atoms with Gasteiger partial charge in [-0.2, -0.15) is 0 Å². The minimum Gasteiger partial charge on any atom is -0.481 e. The van der Waals surface area contributed by atoms with Crippen LogP contribution in [0, 0.1) is 5.41 Å². The Morgan fingerprint density at radius 2 is 2.05 bits per heavy atom. The van der Waals surface area contributed by atoms with Gasteiger partial charge in [-0.05, 0) is 25.7 Å². The Balaban J connectivity index is 1.99. The van der Waals surface area contributed by atoms with E-state index in [-0.39, 0.29) is 12.1 Å². The van der Waals surface area contributed by atoms with Crippen molar-refractivity contribution in [2.75, 3.05) is 33.4 Å². The molecule has 2 aliphatic heterocycles. The normalized spacial score (nSPS) is 26.9. The summed E-state index contributed by atoms with van der Waals surface area (Å²) in [7, 11) is 1.82. The first-order chi connectivity index (χ1) is 10.00. The van der Waals surface area contributed by atoms with Crippen LogP contribution < -0.4 is 0 Å². The number of hydrogen-bond donors (Lipinski definition) is 1. The monoisotopic (exact) mass is 298 g/mol. The van der Waals surface area contributed by atoms with Crippen molar-refractivity contribution in [2.24, 2.45) is 5.41 Å². The number of rotatable bonds is 4. The van der Waals surface area contributed by atoms with E-state index in [1.807, 2.05) is 14.0 Å². The van der Waals surface area contributed by atoms with Crippen LogP contribution in [-0.2, 0) is 9.53 Å². The molecular weight excluding hydrogens is 272 g/mol. The summed E-state index contributed by atoms with van der Waals surface area (Å²) >= 11 is 0. The lowest BCUT2D eigenvalue weighted by Gasteiger charge is -2.34. The van der Waals surface area contributed by atoms with E-state index in [4.69, 9.17) is 4.74 Å². The molecule has 0 spiro atoms. The molecule has 0 aromatic heterocycles. The first kappa shape index (κ1) is 16.1. The first-order valence-corrected chi connectivity index (χ1v) is 7.83. The van der Waals surface area contributed by atoms with Crippen LogP contribution in [0.5, 0.6) is 0 Å². The van der Waals surface area contributed by atoms with Gasteiger partial charge in [-0.25, -0.2) is 4.79 Å².